The number of morpholine rings is 1. The number of amides is 1. The van der Waals surface area contributed by atoms with Crippen molar-refractivity contribution in [1.29, 1.82) is 0 Å². The number of ether oxygens (including phenoxy) is 3. The molecule has 2 aliphatic heterocycles. The van der Waals surface area contributed by atoms with E-state index >= 15 is 0 Å². The van der Waals surface area contributed by atoms with Crippen LogP contribution in [0, 0.1) is 10.1 Å². The fourth-order valence-electron chi connectivity index (χ4n) is 3.98. The lowest BCUT2D eigenvalue weighted by Gasteiger charge is -2.34. The quantitative estimate of drug-likeness (QED) is 0.357. The summed E-state index contributed by atoms with van der Waals surface area (Å²) in [6, 6.07) is 5.60. The van der Waals surface area contributed by atoms with Gasteiger partial charge in [0.1, 0.15) is 5.70 Å². The van der Waals surface area contributed by atoms with Crippen LogP contribution in [0.25, 0.3) is 0 Å². The molecule has 0 aromatic heterocycles. The fraction of sp³-hybridized carbons (Fsp3) is 0.435. The van der Waals surface area contributed by atoms with Crippen molar-refractivity contribution in [2.75, 3.05) is 39.5 Å². The molecule has 0 spiro atoms. The molecule has 3 rings (SSSR count). The maximum atomic E-state index is 13.5. The van der Waals surface area contributed by atoms with Crippen molar-refractivity contribution in [3.05, 3.63) is 62.5 Å². The van der Waals surface area contributed by atoms with E-state index in [1.54, 1.807) is 26.8 Å². The van der Waals surface area contributed by atoms with E-state index in [-0.39, 0.29) is 41.3 Å². The van der Waals surface area contributed by atoms with Gasteiger partial charge in [0.05, 0.1) is 48.4 Å². The van der Waals surface area contributed by atoms with Crippen LogP contribution < -0.4 is 5.32 Å². The van der Waals surface area contributed by atoms with E-state index in [1.165, 1.54) is 23.1 Å². The van der Waals surface area contributed by atoms with Gasteiger partial charge >= 0.3 is 11.9 Å². The molecule has 2 aliphatic rings. The topological polar surface area (TPSA) is 137 Å². The summed E-state index contributed by atoms with van der Waals surface area (Å²) in [6.07, 6.45) is 0. The number of allylic oxidation sites excluding steroid dienone is 1. The van der Waals surface area contributed by atoms with Gasteiger partial charge in [0.2, 0.25) is 0 Å². The van der Waals surface area contributed by atoms with Gasteiger partial charge in [-0.05, 0) is 26.3 Å². The van der Waals surface area contributed by atoms with Crippen molar-refractivity contribution in [2.24, 2.45) is 0 Å². The van der Waals surface area contributed by atoms with Crippen molar-refractivity contribution < 1.29 is 33.5 Å². The Morgan fingerprint density at radius 3 is 2.32 bits per heavy atom. The Balaban J connectivity index is 2.24. The number of nitro groups is 1. The average Bonchev–Trinajstić information content (AvgIpc) is 2.83. The molecule has 0 saturated carbocycles. The molecule has 1 saturated heterocycles. The van der Waals surface area contributed by atoms with Crippen molar-refractivity contribution in [3.8, 4) is 0 Å². The molecule has 1 fully saturated rings. The minimum absolute atomic E-state index is 0.0282. The minimum atomic E-state index is -1.11. The summed E-state index contributed by atoms with van der Waals surface area (Å²) in [5.74, 6) is -3.08. The second-order valence-electron chi connectivity index (χ2n) is 7.58. The number of hydrogen-bond donors (Lipinski definition) is 1. The molecule has 1 aromatic carbocycles. The molecule has 1 unspecified atom stereocenters. The van der Waals surface area contributed by atoms with Gasteiger partial charge in [-0.3, -0.25) is 14.9 Å². The van der Waals surface area contributed by atoms with Crippen LogP contribution in [0.4, 0.5) is 5.69 Å². The summed E-state index contributed by atoms with van der Waals surface area (Å²) >= 11 is 0. The Hall–Kier alpha value is -3.73. The summed E-state index contributed by atoms with van der Waals surface area (Å²) in [7, 11) is 0. The third-order valence-corrected chi connectivity index (χ3v) is 5.48. The number of benzene rings is 1. The van der Waals surface area contributed by atoms with Crippen LogP contribution in [-0.2, 0) is 28.6 Å². The lowest BCUT2D eigenvalue weighted by atomic mass is 9.79. The van der Waals surface area contributed by atoms with E-state index in [1.807, 2.05) is 0 Å². The highest BCUT2D eigenvalue weighted by Gasteiger charge is 2.42. The molecule has 1 N–H and O–H groups in total. The van der Waals surface area contributed by atoms with Gasteiger partial charge in [-0.2, -0.15) is 0 Å². The lowest BCUT2D eigenvalue weighted by Crippen LogP contribution is -2.46. The Bertz CT molecular complexity index is 1060. The Labute approximate surface area is 196 Å². The zero-order valence-electron chi connectivity index (χ0n) is 19.3. The number of esters is 2. The van der Waals surface area contributed by atoms with E-state index in [0.717, 1.165) is 0 Å². The molecule has 2 heterocycles. The Morgan fingerprint density at radius 2 is 1.74 bits per heavy atom. The highest BCUT2D eigenvalue weighted by Crippen LogP contribution is 2.40. The molecule has 11 heteroatoms. The summed E-state index contributed by atoms with van der Waals surface area (Å²) in [5.41, 5.74) is 0.299. The van der Waals surface area contributed by atoms with Gasteiger partial charge in [-0.15, -0.1) is 0 Å². The van der Waals surface area contributed by atoms with Crippen LogP contribution in [0.5, 0.6) is 0 Å². The van der Waals surface area contributed by atoms with Crippen LogP contribution in [0.2, 0.25) is 0 Å². The van der Waals surface area contributed by atoms with Crippen LogP contribution in [-0.4, -0.2) is 67.2 Å². The molecule has 1 amide bonds. The lowest BCUT2D eigenvalue weighted by molar-refractivity contribution is -0.384. The van der Waals surface area contributed by atoms with Crippen molar-refractivity contribution >= 4 is 23.5 Å². The number of nitro benzene ring substituents is 1. The summed E-state index contributed by atoms with van der Waals surface area (Å²) in [5, 5.41) is 14.3. The second-order valence-corrected chi connectivity index (χ2v) is 7.58. The number of non-ortho nitro benzene ring substituents is 1. The predicted octanol–water partition coefficient (Wildman–Crippen LogP) is 1.79. The van der Waals surface area contributed by atoms with Gasteiger partial charge in [0.15, 0.2) is 0 Å². The molecular formula is C23H27N3O8. The van der Waals surface area contributed by atoms with Crippen LogP contribution in [0.15, 0.2) is 46.8 Å². The molecule has 11 nitrogen and oxygen atoms in total. The highest BCUT2D eigenvalue weighted by molar-refractivity contribution is 6.07. The highest BCUT2D eigenvalue weighted by atomic mass is 16.6. The Morgan fingerprint density at radius 1 is 1.12 bits per heavy atom. The van der Waals surface area contributed by atoms with Gasteiger partial charge in [0.25, 0.3) is 11.6 Å². The molecular weight excluding hydrogens is 446 g/mol. The normalized spacial score (nSPS) is 18.3. The zero-order chi connectivity index (χ0) is 24.8. The third kappa shape index (κ3) is 5.09. The largest absolute Gasteiger partial charge is 0.463 e. The molecule has 0 bridgehead atoms. The Kier molecular flexibility index (Phi) is 8.00. The number of nitrogens with zero attached hydrogens (tertiary/aromatic N) is 2. The van der Waals surface area contributed by atoms with E-state index in [4.69, 9.17) is 14.2 Å². The summed E-state index contributed by atoms with van der Waals surface area (Å²) in [4.78, 5) is 52.0. The minimum Gasteiger partial charge on any atom is -0.463 e. The second kappa shape index (κ2) is 10.9. The number of carbonyl (C=O) groups is 3. The van der Waals surface area contributed by atoms with E-state index in [0.29, 0.717) is 32.0 Å². The van der Waals surface area contributed by atoms with Gasteiger partial charge in [0, 0.05) is 30.9 Å². The van der Waals surface area contributed by atoms with E-state index in [9.17, 15) is 24.5 Å². The zero-order valence-corrected chi connectivity index (χ0v) is 19.3. The number of hydrogen-bond acceptors (Lipinski definition) is 9. The summed E-state index contributed by atoms with van der Waals surface area (Å²) < 4.78 is 15.8. The van der Waals surface area contributed by atoms with Gasteiger partial charge in [-0.1, -0.05) is 12.1 Å². The standard InChI is InChI=1S/C23H27N3O8/c1-4-33-22(28)17-14(3)24-20(21(27)25-9-11-32-12-10-25)19(23(29)34-5-2)18(17)15-7-6-8-16(13-15)26(30)31/h6-8,13,18,24H,4-5,9-12H2,1-3H3. The average molecular weight is 473 g/mol. The number of rotatable bonds is 7. The van der Waals surface area contributed by atoms with E-state index < -0.39 is 28.7 Å². The molecule has 0 aliphatic carbocycles. The van der Waals surface area contributed by atoms with Gasteiger partial charge in [-0.25, -0.2) is 9.59 Å². The fourth-order valence-corrected chi connectivity index (χ4v) is 3.98. The van der Waals surface area contributed by atoms with Gasteiger partial charge < -0.3 is 24.4 Å². The smallest absolute Gasteiger partial charge is 0.337 e. The predicted molar refractivity (Wildman–Crippen MR) is 119 cm³/mol. The first-order chi connectivity index (χ1) is 16.3. The number of dihydropyridines is 1. The first-order valence-corrected chi connectivity index (χ1v) is 11.0. The first-order valence-electron chi connectivity index (χ1n) is 11.0. The van der Waals surface area contributed by atoms with Crippen LogP contribution >= 0.6 is 0 Å². The molecule has 182 valence electrons. The molecule has 1 atom stereocenters. The molecule has 34 heavy (non-hydrogen) atoms. The van der Waals surface area contributed by atoms with Crippen LogP contribution in [0.3, 0.4) is 0 Å². The monoisotopic (exact) mass is 473 g/mol. The molecule has 1 aromatic rings. The maximum Gasteiger partial charge on any atom is 0.337 e. The summed E-state index contributed by atoms with van der Waals surface area (Å²) in [6.45, 7) is 6.32. The SMILES string of the molecule is CCOC(=O)C1=C(C)NC(C(=O)N2CCOCC2)=C(C(=O)OCC)C1c1cccc([N+](=O)[O-])c1. The maximum absolute atomic E-state index is 13.5. The molecule has 0 radical (unpaired) electrons. The van der Waals surface area contributed by atoms with E-state index in [2.05, 4.69) is 5.32 Å². The third-order valence-electron chi connectivity index (χ3n) is 5.48. The number of carbonyl (C=O) groups excluding carboxylic acids is 3. The van der Waals surface area contributed by atoms with Crippen molar-refractivity contribution in [2.45, 2.75) is 26.7 Å². The van der Waals surface area contributed by atoms with Crippen LogP contribution in [0.1, 0.15) is 32.3 Å². The first kappa shape index (κ1) is 24.9. The van der Waals surface area contributed by atoms with Crippen molar-refractivity contribution in [1.82, 2.24) is 10.2 Å². The van der Waals surface area contributed by atoms with Crippen molar-refractivity contribution in [3.63, 3.8) is 0 Å². The number of nitrogens with one attached hydrogen (secondary N) is 1.